The molecule has 0 amide bonds. The summed E-state index contributed by atoms with van der Waals surface area (Å²) >= 11 is 0. The molecular weight excluding hydrogens is 229 g/mol. The van der Waals surface area contributed by atoms with Crippen molar-refractivity contribution in [1.29, 1.82) is 0 Å². The minimum Gasteiger partial charge on any atom is -0.354 e. The van der Waals surface area contributed by atoms with Crippen LogP contribution in [0, 0.1) is 5.82 Å². The molecule has 0 saturated carbocycles. The van der Waals surface area contributed by atoms with Crippen LogP contribution in [0.25, 0.3) is 0 Å². The van der Waals surface area contributed by atoms with E-state index in [1.54, 1.807) is 12.3 Å². The number of hydrogen-bond donors (Lipinski definition) is 1. The van der Waals surface area contributed by atoms with Crippen LogP contribution in [0.4, 0.5) is 10.2 Å². The lowest BCUT2D eigenvalue weighted by Crippen LogP contribution is -2.26. The topological polar surface area (TPSA) is 28.2 Å². The Morgan fingerprint density at radius 1 is 1.28 bits per heavy atom. The predicted octanol–water partition coefficient (Wildman–Crippen LogP) is 2.71. The zero-order valence-electron chi connectivity index (χ0n) is 11.1. The van der Waals surface area contributed by atoms with Gasteiger partial charge in [0.1, 0.15) is 0 Å². The van der Waals surface area contributed by atoms with Crippen LogP contribution in [0.2, 0.25) is 0 Å². The first-order valence-corrected chi connectivity index (χ1v) is 6.92. The Morgan fingerprint density at radius 2 is 2.00 bits per heavy atom. The Bertz CT molecular complexity index is 373. The third-order valence-corrected chi connectivity index (χ3v) is 3.42. The molecule has 0 spiro atoms. The lowest BCUT2D eigenvalue weighted by atomic mass is 10.2. The number of pyridine rings is 1. The summed E-state index contributed by atoms with van der Waals surface area (Å²) in [5.74, 6) is 0.382. The number of rotatable bonds is 4. The first kappa shape index (κ1) is 13.3. The minimum absolute atomic E-state index is 0.152. The lowest BCUT2D eigenvalue weighted by Gasteiger charge is -2.22. The largest absolute Gasteiger partial charge is 0.354 e. The molecule has 0 atom stereocenters. The van der Waals surface area contributed by atoms with E-state index in [-0.39, 0.29) is 5.82 Å². The summed E-state index contributed by atoms with van der Waals surface area (Å²) in [7, 11) is 0. The summed E-state index contributed by atoms with van der Waals surface area (Å²) in [6, 6.07) is 1.76. The van der Waals surface area contributed by atoms with Crippen molar-refractivity contribution in [3.05, 3.63) is 23.6 Å². The quantitative estimate of drug-likeness (QED) is 0.892. The first-order chi connectivity index (χ1) is 8.83. The van der Waals surface area contributed by atoms with E-state index in [2.05, 4.69) is 15.2 Å². The van der Waals surface area contributed by atoms with Crippen LogP contribution in [-0.4, -0.2) is 24.6 Å². The highest BCUT2D eigenvalue weighted by Gasteiger charge is 2.17. The Labute approximate surface area is 108 Å². The number of nitrogens with zero attached hydrogens (tertiary/aromatic N) is 2. The normalized spacial score (nSPS) is 16.7. The van der Waals surface area contributed by atoms with Gasteiger partial charge in [0, 0.05) is 31.4 Å². The third kappa shape index (κ3) is 3.19. The fourth-order valence-corrected chi connectivity index (χ4v) is 2.37. The Kier molecular flexibility index (Phi) is 4.93. The van der Waals surface area contributed by atoms with E-state index < -0.39 is 0 Å². The van der Waals surface area contributed by atoms with E-state index in [1.165, 1.54) is 12.8 Å². The molecule has 1 aliphatic heterocycles. The molecule has 18 heavy (non-hydrogen) atoms. The molecular formula is C14H22FN3. The van der Waals surface area contributed by atoms with E-state index >= 15 is 0 Å². The molecule has 1 aliphatic rings. The zero-order chi connectivity index (χ0) is 12.8. The van der Waals surface area contributed by atoms with Crippen molar-refractivity contribution in [2.24, 2.45) is 0 Å². The molecule has 0 bridgehead atoms. The highest BCUT2D eigenvalue weighted by Crippen LogP contribution is 2.22. The van der Waals surface area contributed by atoms with Gasteiger partial charge >= 0.3 is 0 Å². The molecule has 2 rings (SSSR count). The predicted molar refractivity (Wildman–Crippen MR) is 72.3 cm³/mol. The van der Waals surface area contributed by atoms with Crippen molar-refractivity contribution in [2.45, 2.75) is 39.2 Å². The molecule has 1 fully saturated rings. The Hall–Kier alpha value is -1.16. The minimum atomic E-state index is -0.152. The van der Waals surface area contributed by atoms with Crippen LogP contribution in [0.5, 0.6) is 0 Å². The van der Waals surface area contributed by atoms with Crippen molar-refractivity contribution in [1.82, 2.24) is 10.3 Å². The fraction of sp³-hybridized carbons (Fsp3) is 0.643. The standard InChI is InChI=1S/C14H22FN3/c1-2-16-11-12-7-8-17-14(13(12)15)18-9-5-3-4-6-10-18/h7-8,16H,2-6,9-11H2,1H3. The van der Waals surface area contributed by atoms with Crippen molar-refractivity contribution < 1.29 is 4.39 Å². The van der Waals surface area contributed by atoms with Gasteiger partial charge in [-0.05, 0) is 25.5 Å². The monoisotopic (exact) mass is 251 g/mol. The molecule has 1 aromatic rings. The highest BCUT2D eigenvalue weighted by molar-refractivity contribution is 5.43. The molecule has 2 heterocycles. The number of anilines is 1. The zero-order valence-corrected chi connectivity index (χ0v) is 11.1. The third-order valence-electron chi connectivity index (χ3n) is 3.42. The maximum absolute atomic E-state index is 14.4. The first-order valence-electron chi connectivity index (χ1n) is 6.92. The second-order valence-corrected chi connectivity index (χ2v) is 4.79. The van der Waals surface area contributed by atoms with E-state index in [1.807, 2.05) is 6.92 Å². The van der Waals surface area contributed by atoms with Crippen LogP contribution in [-0.2, 0) is 6.54 Å². The summed E-state index contributed by atoms with van der Waals surface area (Å²) in [6.07, 6.45) is 6.48. The van der Waals surface area contributed by atoms with Crippen LogP contribution < -0.4 is 10.2 Å². The Balaban J connectivity index is 2.15. The number of nitrogens with one attached hydrogen (secondary N) is 1. The smallest absolute Gasteiger partial charge is 0.170 e. The molecule has 100 valence electrons. The lowest BCUT2D eigenvalue weighted by molar-refractivity contribution is 0.578. The van der Waals surface area contributed by atoms with E-state index in [0.717, 1.165) is 32.5 Å². The fourth-order valence-electron chi connectivity index (χ4n) is 2.37. The summed E-state index contributed by atoms with van der Waals surface area (Å²) < 4.78 is 14.4. The van der Waals surface area contributed by atoms with Crippen LogP contribution >= 0.6 is 0 Å². The van der Waals surface area contributed by atoms with Gasteiger partial charge in [0.15, 0.2) is 11.6 Å². The van der Waals surface area contributed by atoms with E-state index in [0.29, 0.717) is 17.9 Å². The van der Waals surface area contributed by atoms with Crippen molar-refractivity contribution in [3.63, 3.8) is 0 Å². The molecule has 0 radical (unpaired) electrons. The van der Waals surface area contributed by atoms with Gasteiger partial charge in [0.25, 0.3) is 0 Å². The van der Waals surface area contributed by atoms with Gasteiger partial charge < -0.3 is 10.2 Å². The summed E-state index contributed by atoms with van der Waals surface area (Å²) in [6.45, 7) is 5.30. The number of halogens is 1. The molecule has 1 aromatic heterocycles. The molecule has 0 aliphatic carbocycles. The summed E-state index contributed by atoms with van der Waals surface area (Å²) in [4.78, 5) is 6.33. The van der Waals surface area contributed by atoms with Gasteiger partial charge in [0.2, 0.25) is 0 Å². The van der Waals surface area contributed by atoms with E-state index in [4.69, 9.17) is 0 Å². The van der Waals surface area contributed by atoms with E-state index in [9.17, 15) is 4.39 Å². The summed E-state index contributed by atoms with van der Waals surface area (Å²) in [5.41, 5.74) is 0.714. The summed E-state index contributed by atoms with van der Waals surface area (Å²) in [5, 5.41) is 3.16. The van der Waals surface area contributed by atoms with Crippen molar-refractivity contribution in [2.75, 3.05) is 24.5 Å². The second-order valence-electron chi connectivity index (χ2n) is 4.79. The average molecular weight is 251 g/mol. The molecule has 3 nitrogen and oxygen atoms in total. The van der Waals surface area contributed by atoms with Gasteiger partial charge in [-0.25, -0.2) is 9.37 Å². The maximum Gasteiger partial charge on any atom is 0.170 e. The van der Waals surface area contributed by atoms with Crippen LogP contribution in [0.15, 0.2) is 12.3 Å². The second kappa shape index (κ2) is 6.69. The Morgan fingerprint density at radius 3 is 2.67 bits per heavy atom. The average Bonchev–Trinajstić information content (AvgIpc) is 2.66. The van der Waals surface area contributed by atoms with Gasteiger partial charge in [-0.15, -0.1) is 0 Å². The maximum atomic E-state index is 14.4. The SMILES string of the molecule is CCNCc1ccnc(N2CCCCCC2)c1F. The van der Waals surface area contributed by atoms with Crippen LogP contribution in [0.1, 0.15) is 38.2 Å². The van der Waals surface area contributed by atoms with Crippen molar-refractivity contribution in [3.8, 4) is 0 Å². The molecule has 0 aromatic carbocycles. The van der Waals surface area contributed by atoms with Gasteiger partial charge in [-0.3, -0.25) is 0 Å². The van der Waals surface area contributed by atoms with Gasteiger partial charge in [-0.2, -0.15) is 0 Å². The molecule has 0 unspecified atom stereocenters. The molecule has 1 saturated heterocycles. The highest BCUT2D eigenvalue weighted by atomic mass is 19.1. The van der Waals surface area contributed by atoms with Gasteiger partial charge in [-0.1, -0.05) is 19.8 Å². The number of aromatic nitrogens is 1. The molecule has 1 N–H and O–H groups in total. The van der Waals surface area contributed by atoms with Crippen LogP contribution in [0.3, 0.4) is 0 Å². The molecule has 4 heteroatoms. The van der Waals surface area contributed by atoms with Gasteiger partial charge in [0.05, 0.1) is 0 Å². The van der Waals surface area contributed by atoms with Crippen molar-refractivity contribution >= 4 is 5.82 Å². The number of hydrogen-bond acceptors (Lipinski definition) is 3.